The summed E-state index contributed by atoms with van der Waals surface area (Å²) in [5.74, 6) is 1.36. The van der Waals surface area contributed by atoms with Crippen LogP contribution >= 0.6 is 0 Å². The summed E-state index contributed by atoms with van der Waals surface area (Å²) in [5.41, 5.74) is 3.26. The van der Waals surface area contributed by atoms with Crippen molar-refractivity contribution in [2.24, 2.45) is 0 Å². The van der Waals surface area contributed by atoms with Crippen molar-refractivity contribution in [2.75, 3.05) is 14.2 Å². The first-order valence-corrected chi connectivity index (χ1v) is 10.8. The first-order chi connectivity index (χ1) is 13.0. The Bertz CT molecular complexity index is 951. The number of ether oxygens (including phenoxy) is 2. The number of methoxy groups -OCH3 is 2. The zero-order valence-corrected chi connectivity index (χ0v) is 16.6. The number of benzene rings is 2. The summed E-state index contributed by atoms with van der Waals surface area (Å²) >= 11 is 0. The number of fused-ring (bicyclic) bond motifs is 1. The van der Waals surface area contributed by atoms with E-state index in [9.17, 15) is 8.42 Å². The van der Waals surface area contributed by atoms with Gasteiger partial charge in [0.25, 0.3) is 0 Å². The number of aryl methyl sites for hydroxylation is 2. The van der Waals surface area contributed by atoms with E-state index in [0.717, 1.165) is 37.7 Å². The minimum atomic E-state index is -3.57. The van der Waals surface area contributed by atoms with E-state index in [-0.39, 0.29) is 12.6 Å². The topological polar surface area (TPSA) is 55.8 Å². The highest BCUT2D eigenvalue weighted by molar-refractivity contribution is 7.89. The molecule has 1 fully saturated rings. The van der Waals surface area contributed by atoms with Gasteiger partial charge in [-0.3, -0.25) is 0 Å². The summed E-state index contributed by atoms with van der Waals surface area (Å²) in [6, 6.07) is 11.2. The molecule has 5 nitrogen and oxygen atoms in total. The fraction of sp³-hybridized carbons (Fsp3) is 0.429. The normalized spacial score (nSPS) is 16.4. The van der Waals surface area contributed by atoms with Gasteiger partial charge in [0, 0.05) is 18.2 Å². The van der Waals surface area contributed by atoms with Gasteiger partial charge in [-0.05, 0) is 73.6 Å². The summed E-state index contributed by atoms with van der Waals surface area (Å²) in [6.45, 7) is 0.282. The molecule has 4 rings (SSSR count). The Kier molecular flexibility index (Phi) is 4.86. The maximum absolute atomic E-state index is 13.4. The summed E-state index contributed by atoms with van der Waals surface area (Å²) in [7, 11) is -0.363. The van der Waals surface area contributed by atoms with Crippen molar-refractivity contribution >= 4 is 10.0 Å². The van der Waals surface area contributed by atoms with Gasteiger partial charge in [-0.25, -0.2) is 8.42 Å². The van der Waals surface area contributed by atoms with E-state index in [1.807, 2.05) is 30.3 Å². The highest BCUT2D eigenvalue weighted by atomic mass is 32.2. The molecule has 0 radical (unpaired) electrons. The molecule has 0 N–H and O–H groups in total. The maximum Gasteiger partial charge on any atom is 0.243 e. The Balaban J connectivity index is 1.69. The Morgan fingerprint density at radius 2 is 1.78 bits per heavy atom. The van der Waals surface area contributed by atoms with Crippen LogP contribution in [0.3, 0.4) is 0 Å². The lowest BCUT2D eigenvalue weighted by Crippen LogP contribution is -2.33. The average Bonchev–Trinajstić information content (AvgIpc) is 3.41. The molecule has 0 amide bonds. The molecule has 2 aliphatic rings. The van der Waals surface area contributed by atoms with Crippen LogP contribution in [-0.4, -0.2) is 33.0 Å². The van der Waals surface area contributed by atoms with Crippen LogP contribution in [0.4, 0.5) is 0 Å². The number of hydrogen-bond donors (Lipinski definition) is 0. The molecule has 1 saturated carbocycles. The summed E-state index contributed by atoms with van der Waals surface area (Å²) in [5, 5.41) is 0. The third kappa shape index (κ3) is 3.56. The molecule has 2 aliphatic carbocycles. The number of rotatable bonds is 7. The zero-order chi connectivity index (χ0) is 19.0. The van der Waals surface area contributed by atoms with Crippen LogP contribution in [0.25, 0.3) is 0 Å². The smallest absolute Gasteiger partial charge is 0.243 e. The molecule has 2 aromatic carbocycles. The SMILES string of the molecule is COc1ccc(OC)c(CN(C2CC2)S(=O)(=O)c2ccc3c(c2)CCC3)c1. The number of nitrogens with zero attached hydrogens (tertiary/aromatic N) is 1. The molecule has 2 aromatic rings. The molecule has 0 aromatic heterocycles. The van der Waals surface area contributed by atoms with E-state index in [1.165, 1.54) is 11.1 Å². The first kappa shape index (κ1) is 18.3. The van der Waals surface area contributed by atoms with Crippen LogP contribution < -0.4 is 9.47 Å². The minimum absolute atomic E-state index is 0.0548. The van der Waals surface area contributed by atoms with Gasteiger partial charge in [-0.1, -0.05) is 6.07 Å². The Hall–Kier alpha value is -2.05. The lowest BCUT2D eigenvalue weighted by atomic mass is 10.1. The van der Waals surface area contributed by atoms with Gasteiger partial charge in [-0.15, -0.1) is 0 Å². The van der Waals surface area contributed by atoms with Gasteiger partial charge < -0.3 is 9.47 Å². The fourth-order valence-electron chi connectivity index (χ4n) is 3.79. The predicted octanol–water partition coefficient (Wildman–Crippen LogP) is 3.55. The second-order valence-electron chi connectivity index (χ2n) is 7.24. The summed E-state index contributed by atoms with van der Waals surface area (Å²) in [6.07, 6.45) is 4.91. The van der Waals surface area contributed by atoms with E-state index in [4.69, 9.17) is 9.47 Å². The molecule has 0 aliphatic heterocycles. The molecular weight excluding hydrogens is 362 g/mol. The number of sulfonamides is 1. The summed E-state index contributed by atoms with van der Waals surface area (Å²) in [4.78, 5) is 0.400. The van der Waals surface area contributed by atoms with Gasteiger partial charge in [-0.2, -0.15) is 4.31 Å². The molecule has 0 saturated heterocycles. The summed E-state index contributed by atoms with van der Waals surface area (Å²) < 4.78 is 39.2. The molecular formula is C21H25NO4S. The third-order valence-corrected chi connectivity index (χ3v) is 7.34. The van der Waals surface area contributed by atoms with Gasteiger partial charge in [0.05, 0.1) is 19.1 Å². The third-order valence-electron chi connectivity index (χ3n) is 5.44. The average molecular weight is 388 g/mol. The largest absolute Gasteiger partial charge is 0.497 e. The van der Waals surface area contributed by atoms with Crippen molar-refractivity contribution in [3.8, 4) is 11.5 Å². The second-order valence-corrected chi connectivity index (χ2v) is 9.13. The molecule has 0 bridgehead atoms. The molecule has 0 unspecified atom stereocenters. The van der Waals surface area contributed by atoms with Crippen LogP contribution in [0.15, 0.2) is 41.3 Å². The van der Waals surface area contributed by atoms with Gasteiger partial charge in [0.15, 0.2) is 0 Å². The fourth-order valence-corrected chi connectivity index (χ4v) is 5.50. The van der Waals surface area contributed by atoms with Crippen molar-refractivity contribution in [2.45, 2.75) is 49.6 Å². The second kappa shape index (κ2) is 7.17. The lowest BCUT2D eigenvalue weighted by molar-refractivity contribution is 0.369. The Morgan fingerprint density at radius 3 is 2.48 bits per heavy atom. The molecule has 0 spiro atoms. The van der Waals surface area contributed by atoms with Crippen molar-refractivity contribution in [1.82, 2.24) is 4.31 Å². The van der Waals surface area contributed by atoms with E-state index in [0.29, 0.717) is 16.4 Å². The van der Waals surface area contributed by atoms with Crippen LogP contribution in [0.2, 0.25) is 0 Å². The molecule has 144 valence electrons. The standard InChI is InChI=1S/C21H25NO4S/c1-25-19-9-11-21(26-2)17(12-19)14-22(18-7-8-18)27(23,24)20-10-6-15-4-3-5-16(15)13-20/h6,9-13,18H,3-5,7-8,14H2,1-2H3. The minimum Gasteiger partial charge on any atom is -0.497 e. The van der Waals surface area contributed by atoms with Crippen molar-refractivity contribution < 1.29 is 17.9 Å². The monoisotopic (exact) mass is 387 g/mol. The Morgan fingerprint density at radius 1 is 1.00 bits per heavy atom. The van der Waals surface area contributed by atoms with Crippen molar-refractivity contribution in [1.29, 1.82) is 0 Å². The van der Waals surface area contributed by atoms with Gasteiger partial charge in [0.1, 0.15) is 11.5 Å². The number of hydrogen-bond acceptors (Lipinski definition) is 4. The van der Waals surface area contributed by atoms with Gasteiger partial charge >= 0.3 is 0 Å². The van der Waals surface area contributed by atoms with E-state index >= 15 is 0 Å². The quantitative estimate of drug-likeness (QED) is 0.729. The maximum atomic E-state index is 13.4. The van der Waals surface area contributed by atoms with Crippen LogP contribution in [0.1, 0.15) is 36.0 Å². The Labute approximate surface area is 161 Å². The molecule has 27 heavy (non-hydrogen) atoms. The highest BCUT2D eigenvalue weighted by Crippen LogP contribution is 2.36. The first-order valence-electron chi connectivity index (χ1n) is 9.37. The van der Waals surface area contributed by atoms with Crippen molar-refractivity contribution in [3.05, 3.63) is 53.1 Å². The lowest BCUT2D eigenvalue weighted by Gasteiger charge is -2.23. The zero-order valence-electron chi connectivity index (χ0n) is 15.8. The van der Waals surface area contributed by atoms with Crippen LogP contribution in [0.5, 0.6) is 11.5 Å². The van der Waals surface area contributed by atoms with Crippen molar-refractivity contribution in [3.63, 3.8) is 0 Å². The van der Waals surface area contributed by atoms with Crippen LogP contribution in [0, 0.1) is 0 Å². The molecule has 0 atom stereocenters. The molecule has 0 heterocycles. The van der Waals surface area contributed by atoms with Crippen LogP contribution in [-0.2, 0) is 29.4 Å². The predicted molar refractivity (Wildman–Crippen MR) is 104 cm³/mol. The van der Waals surface area contributed by atoms with E-state index in [2.05, 4.69) is 0 Å². The molecule has 6 heteroatoms. The van der Waals surface area contributed by atoms with Gasteiger partial charge in [0.2, 0.25) is 10.0 Å². The van der Waals surface area contributed by atoms with E-state index < -0.39 is 10.0 Å². The van der Waals surface area contributed by atoms with E-state index in [1.54, 1.807) is 24.6 Å². The highest BCUT2D eigenvalue weighted by Gasteiger charge is 2.38.